The van der Waals surface area contributed by atoms with E-state index in [2.05, 4.69) is 11.9 Å². The second-order valence-electron chi connectivity index (χ2n) is 4.77. The fourth-order valence-electron chi connectivity index (χ4n) is 2.39. The number of ether oxygens (including phenoxy) is 2. The topological polar surface area (TPSA) is 34.2 Å². The highest BCUT2D eigenvalue weighted by molar-refractivity contribution is 5.91. The van der Waals surface area contributed by atoms with E-state index in [0.29, 0.717) is 6.61 Å². The minimum absolute atomic E-state index is 0.534. The number of hydrogen-bond donors (Lipinski definition) is 1. The molecule has 1 aromatic heterocycles. The Morgan fingerprint density at radius 3 is 2.60 bits per heavy atom. The van der Waals surface area contributed by atoms with Crippen LogP contribution in [0.4, 0.5) is 0 Å². The highest BCUT2D eigenvalue weighted by atomic mass is 16.5. The highest BCUT2D eigenvalue weighted by Gasteiger charge is 2.12. The summed E-state index contributed by atoms with van der Waals surface area (Å²) in [4.78, 5) is 3.23. The molecular weight excluding hydrogens is 250 g/mol. The second-order valence-corrected chi connectivity index (χ2v) is 4.77. The summed E-state index contributed by atoms with van der Waals surface area (Å²) in [5, 5.41) is 1.08. The first-order chi connectivity index (χ1) is 9.79. The van der Waals surface area contributed by atoms with Crippen LogP contribution in [0.2, 0.25) is 0 Å². The summed E-state index contributed by atoms with van der Waals surface area (Å²) in [7, 11) is 1.68. The molecule has 0 spiro atoms. The summed E-state index contributed by atoms with van der Waals surface area (Å²) >= 11 is 0. The van der Waals surface area contributed by atoms with Gasteiger partial charge in [-0.3, -0.25) is 0 Å². The zero-order chi connectivity index (χ0) is 13.9. The number of fused-ring (bicyclic) bond motifs is 1. The molecule has 0 radical (unpaired) electrons. The van der Waals surface area contributed by atoms with Crippen LogP contribution < -0.4 is 9.47 Å². The number of nitrogens with one attached hydrogen (secondary N) is 1. The van der Waals surface area contributed by atoms with E-state index in [9.17, 15) is 0 Å². The van der Waals surface area contributed by atoms with Gasteiger partial charge in [-0.05, 0) is 30.2 Å². The summed E-state index contributed by atoms with van der Waals surface area (Å²) < 4.78 is 11.4. The van der Waals surface area contributed by atoms with Crippen LogP contribution in [0.1, 0.15) is 11.1 Å². The van der Waals surface area contributed by atoms with Gasteiger partial charge in [0.2, 0.25) is 0 Å². The largest absolute Gasteiger partial charge is 0.492 e. The number of aryl methyl sites for hydroxylation is 1. The van der Waals surface area contributed by atoms with Crippen molar-refractivity contribution >= 4 is 10.9 Å². The normalized spacial score (nSPS) is 10.7. The monoisotopic (exact) mass is 267 g/mol. The Hall–Kier alpha value is -2.42. The number of rotatable bonds is 4. The van der Waals surface area contributed by atoms with E-state index in [1.54, 1.807) is 7.11 Å². The van der Waals surface area contributed by atoms with Crippen molar-refractivity contribution in [1.82, 2.24) is 4.98 Å². The lowest BCUT2D eigenvalue weighted by Gasteiger charge is -2.12. The lowest BCUT2D eigenvalue weighted by atomic mass is 10.1. The Bertz CT molecular complexity index is 716. The number of aromatic nitrogens is 1. The third kappa shape index (κ3) is 2.23. The van der Waals surface area contributed by atoms with Gasteiger partial charge in [-0.15, -0.1) is 0 Å². The van der Waals surface area contributed by atoms with Crippen molar-refractivity contribution in [2.45, 2.75) is 13.5 Å². The Morgan fingerprint density at radius 2 is 1.85 bits per heavy atom. The minimum atomic E-state index is 0.534. The van der Waals surface area contributed by atoms with Gasteiger partial charge in [0.1, 0.15) is 6.61 Å². The standard InChI is InChI=1S/C17H17NO2/c1-12-10-18-14-8-9-15(17(19-2)16(12)14)20-11-13-6-4-3-5-7-13/h3-10,18H,11H2,1-2H3. The van der Waals surface area contributed by atoms with E-state index in [4.69, 9.17) is 9.47 Å². The number of aromatic amines is 1. The molecular formula is C17H17NO2. The molecule has 0 unspecified atom stereocenters. The molecule has 3 rings (SSSR count). The van der Waals surface area contributed by atoms with E-state index >= 15 is 0 Å². The first kappa shape index (κ1) is 12.6. The summed E-state index contributed by atoms with van der Waals surface area (Å²) in [5.41, 5.74) is 3.36. The lowest BCUT2D eigenvalue weighted by Crippen LogP contribution is -1.98. The summed E-state index contributed by atoms with van der Waals surface area (Å²) in [6.45, 7) is 2.59. The summed E-state index contributed by atoms with van der Waals surface area (Å²) in [6, 6.07) is 14.1. The van der Waals surface area contributed by atoms with Crippen molar-refractivity contribution < 1.29 is 9.47 Å². The zero-order valence-electron chi connectivity index (χ0n) is 11.6. The average Bonchev–Trinajstić information content (AvgIpc) is 2.87. The maximum absolute atomic E-state index is 5.91. The van der Waals surface area contributed by atoms with Crippen LogP contribution in [0, 0.1) is 6.92 Å². The quantitative estimate of drug-likeness (QED) is 0.773. The van der Waals surface area contributed by atoms with Crippen molar-refractivity contribution in [3.63, 3.8) is 0 Å². The predicted octanol–water partition coefficient (Wildman–Crippen LogP) is 4.06. The third-order valence-electron chi connectivity index (χ3n) is 3.40. The number of benzene rings is 2. The van der Waals surface area contributed by atoms with Crippen LogP contribution in [0.15, 0.2) is 48.7 Å². The number of hydrogen-bond acceptors (Lipinski definition) is 2. The average molecular weight is 267 g/mol. The molecule has 1 N–H and O–H groups in total. The molecule has 3 heteroatoms. The molecule has 102 valence electrons. The fraction of sp³-hybridized carbons (Fsp3) is 0.176. The van der Waals surface area contributed by atoms with Crippen LogP contribution in [-0.2, 0) is 6.61 Å². The molecule has 0 saturated carbocycles. The van der Waals surface area contributed by atoms with Crippen LogP contribution >= 0.6 is 0 Å². The first-order valence-electron chi connectivity index (χ1n) is 6.61. The molecule has 3 nitrogen and oxygen atoms in total. The molecule has 20 heavy (non-hydrogen) atoms. The molecule has 1 heterocycles. The van der Waals surface area contributed by atoms with Crippen molar-refractivity contribution in [3.05, 3.63) is 59.8 Å². The zero-order valence-corrected chi connectivity index (χ0v) is 11.6. The van der Waals surface area contributed by atoms with Gasteiger partial charge in [-0.25, -0.2) is 0 Å². The predicted molar refractivity (Wildman–Crippen MR) is 80.4 cm³/mol. The number of H-pyrrole nitrogens is 1. The maximum atomic E-state index is 5.91. The Morgan fingerprint density at radius 1 is 1.05 bits per heavy atom. The van der Waals surface area contributed by atoms with E-state index < -0.39 is 0 Å². The van der Waals surface area contributed by atoms with Gasteiger partial charge in [-0.2, -0.15) is 0 Å². The molecule has 2 aromatic carbocycles. The van der Waals surface area contributed by atoms with Crippen LogP contribution in [-0.4, -0.2) is 12.1 Å². The van der Waals surface area contributed by atoms with E-state index in [0.717, 1.165) is 33.5 Å². The highest BCUT2D eigenvalue weighted by Crippen LogP contribution is 2.37. The van der Waals surface area contributed by atoms with Crippen molar-refractivity contribution in [3.8, 4) is 11.5 Å². The van der Waals surface area contributed by atoms with Gasteiger partial charge in [0, 0.05) is 17.1 Å². The van der Waals surface area contributed by atoms with E-state index in [1.165, 1.54) is 0 Å². The molecule has 0 atom stereocenters. The SMILES string of the molecule is COc1c(OCc2ccccc2)ccc2[nH]cc(C)c12. The Kier molecular flexibility index (Phi) is 3.33. The van der Waals surface area contributed by atoms with Gasteiger partial charge < -0.3 is 14.5 Å². The van der Waals surface area contributed by atoms with E-state index in [1.807, 2.05) is 48.7 Å². The molecule has 0 amide bonds. The van der Waals surface area contributed by atoms with Crippen LogP contribution in [0.5, 0.6) is 11.5 Å². The molecule has 0 aliphatic rings. The second kappa shape index (κ2) is 5.29. The van der Waals surface area contributed by atoms with Crippen molar-refractivity contribution in [2.24, 2.45) is 0 Å². The molecule has 0 aliphatic carbocycles. The molecule has 0 saturated heterocycles. The summed E-state index contributed by atoms with van der Waals surface area (Å²) in [6.07, 6.45) is 1.98. The third-order valence-corrected chi connectivity index (χ3v) is 3.40. The van der Waals surface area contributed by atoms with Gasteiger partial charge >= 0.3 is 0 Å². The van der Waals surface area contributed by atoms with Crippen molar-refractivity contribution in [1.29, 1.82) is 0 Å². The van der Waals surface area contributed by atoms with Gasteiger partial charge in [0.05, 0.1) is 7.11 Å². The minimum Gasteiger partial charge on any atom is -0.492 e. The van der Waals surface area contributed by atoms with E-state index in [-0.39, 0.29) is 0 Å². The molecule has 0 bridgehead atoms. The number of methoxy groups -OCH3 is 1. The summed E-state index contributed by atoms with van der Waals surface area (Å²) in [5.74, 6) is 1.56. The van der Waals surface area contributed by atoms with Gasteiger partial charge in [-0.1, -0.05) is 30.3 Å². The van der Waals surface area contributed by atoms with Gasteiger partial charge in [0.15, 0.2) is 11.5 Å². The molecule has 0 aliphatic heterocycles. The van der Waals surface area contributed by atoms with Crippen molar-refractivity contribution in [2.75, 3.05) is 7.11 Å². The maximum Gasteiger partial charge on any atom is 0.170 e. The Labute approximate surface area is 118 Å². The lowest BCUT2D eigenvalue weighted by molar-refractivity contribution is 0.286. The molecule has 0 fully saturated rings. The van der Waals surface area contributed by atoms with Crippen LogP contribution in [0.3, 0.4) is 0 Å². The Balaban J connectivity index is 1.93. The van der Waals surface area contributed by atoms with Crippen LogP contribution in [0.25, 0.3) is 10.9 Å². The first-order valence-corrected chi connectivity index (χ1v) is 6.61. The fourth-order valence-corrected chi connectivity index (χ4v) is 2.39. The molecule has 3 aromatic rings. The smallest absolute Gasteiger partial charge is 0.170 e. The van der Waals surface area contributed by atoms with Gasteiger partial charge in [0.25, 0.3) is 0 Å².